The smallest absolute Gasteiger partial charge is 0.341 e. The third-order valence-corrected chi connectivity index (χ3v) is 5.80. The van der Waals surface area contributed by atoms with Crippen molar-refractivity contribution in [3.8, 4) is 17.3 Å². The number of hydrogen-bond donors (Lipinski definition) is 2. The van der Waals surface area contributed by atoms with Crippen molar-refractivity contribution in [1.29, 1.82) is 0 Å². The first-order valence-electron chi connectivity index (χ1n) is 12.3. The Morgan fingerprint density at radius 3 is 2.42 bits per heavy atom. The van der Waals surface area contributed by atoms with Gasteiger partial charge in [-0.25, -0.2) is 19.3 Å². The zero-order valence-electron chi connectivity index (χ0n) is 22.1. The molecular weight excluding hydrogens is 482 g/mol. The molecule has 0 atom stereocenters. The van der Waals surface area contributed by atoms with E-state index in [4.69, 9.17) is 9.47 Å². The van der Waals surface area contributed by atoms with Gasteiger partial charge in [-0.2, -0.15) is 5.10 Å². The number of aromatic nitrogens is 3. The van der Waals surface area contributed by atoms with Crippen molar-refractivity contribution in [3.05, 3.63) is 89.9 Å². The second-order valence-corrected chi connectivity index (χ2v) is 9.61. The lowest BCUT2D eigenvalue weighted by Crippen LogP contribution is -2.20. The predicted octanol–water partition coefficient (Wildman–Crippen LogP) is 6.49. The first-order valence-corrected chi connectivity index (χ1v) is 12.3. The van der Waals surface area contributed by atoms with Gasteiger partial charge in [-0.1, -0.05) is 39.0 Å². The molecule has 9 heteroatoms. The van der Waals surface area contributed by atoms with E-state index in [1.54, 1.807) is 61.1 Å². The summed E-state index contributed by atoms with van der Waals surface area (Å²) in [5.74, 6) is 0.561. The quantitative estimate of drug-likeness (QED) is 0.274. The van der Waals surface area contributed by atoms with Crippen LogP contribution in [0.25, 0.3) is 5.69 Å². The van der Waals surface area contributed by atoms with Crippen molar-refractivity contribution < 1.29 is 19.1 Å². The third kappa shape index (κ3) is 6.00. The van der Waals surface area contributed by atoms with E-state index >= 15 is 0 Å². The Balaban J connectivity index is 1.45. The molecular formula is C29H31N5O4. The number of urea groups is 1. The largest absolute Gasteiger partial charge is 0.462 e. The summed E-state index contributed by atoms with van der Waals surface area (Å²) in [4.78, 5) is 29.2. The van der Waals surface area contributed by atoms with E-state index in [2.05, 4.69) is 41.5 Å². The van der Waals surface area contributed by atoms with Gasteiger partial charge < -0.3 is 20.1 Å². The molecule has 0 saturated carbocycles. The Bertz CT molecular complexity index is 1440. The predicted molar refractivity (Wildman–Crippen MR) is 146 cm³/mol. The maximum absolute atomic E-state index is 12.8. The Hall–Kier alpha value is -4.66. The van der Waals surface area contributed by atoms with Crippen LogP contribution in [0.3, 0.4) is 0 Å². The molecule has 196 valence electrons. The van der Waals surface area contributed by atoms with Crippen LogP contribution in [0.5, 0.6) is 11.6 Å². The fourth-order valence-electron chi connectivity index (χ4n) is 3.90. The zero-order chi connectivity index (χ0) is 27.3. The first-order chi connectivity index (χ1) is 18.2. The van der Waals surface area contributed by atoms with Crippen molar-refractivity contribution in [2.24, 2.45) is 0 Å². The summed E-state index contributed by atoms with van der Waals surface area (Å²) in [7, 11) is 0. The molecule has 0 aliphatic rings. The highest BCUT2D eigenvalue weighted by Gasteiger charge is 2.20. The molecule has 4 rings (SSSR count). The van der Waals surface area contributed by atoms with Crippen molar-refractivity contribution in [1.82, 2.24) is 14.8 Å². The number of anilines is 2. The molecule has 0 fully saturated rings. The van der Waals surface area contributed by atoms with E-state index in [1.807, 2.05) is 24.3 Å². The monoisotopic (exact) mass is 513 g/mol. The summed E-state index contributed by atoms with van der Waals surface area (Å²) >= 11 is 0. The average Bonchev–Trinajstić information content (AvgIpc) is 3.27. The Kier molecular flexibility index (Phi) is 7.76. The molecule has 9 nitrogen and oxygen atoms in total. The van der Waals surface area contributed by atoms with Gasteiger partial charge in [0.15, 0.2) is 0 Å². The maximum atomic E-state index is 12.8. The Morgan fingerprint density at radius 1 is 0.974 bits per heavy atom. The molecule has 0 aliphatic heterocycles. The minimum atomic E-state index is -0.445. The van der Waals surface area contributed by atoms with E-state index in [-0.39, 0.29) is 5.41 Å². The third-order valence-electron chi connectivity index (χ3n) is 5.80. The van der Waals surface area contributed by atoms with Gasteiger partial charge in [-0.15, -0.1) is 0 Å². The van der Waals surface area contributed by atoms with Crippen molar-refractivity contribution in [2.45, 2.75) is 40.0 Å². The van der Waals surface area contributed by atoms with Gasteiger partial charge in [-0.3, -0.25) is 0 Å². The van der Waals surface area contributed by atoms with Crippen LogP contribution in [0.4, 0.5) is 16.2 Å². The van der Waals surface area contributed by atoms with Gasteiger partial charge in [0.2, 0.25) is 5.88 Å². The molecule has 2 aromatic heterocycles. The van der Waals surface area contributed by atoms with Crippen LogP contribution >= 0.6 is 0 Å². The molecule has 2 heterocycles. The summed E-state index contributed by atoms with van der Waals surface area (Å²) in [6.07, 6.45) is 3.10. The maximum Gasteiger partial charge on any atom is 0.341 e. The van der Waals surface area contributed by atoms with Crippen molar-refractivity contribution in [2.75, 3.05) is 17.2 Å². The molecule has 0 spiro atoms. The lowest BCUT2D eigenvalue weighted by atomic mass is 9.86. The lowest BCUT2D eigenvalue weighted by Gasteiger charge is -2.22. The Morgan fingerprint density at radius 2 is 1.71 bits per heavy atom. The number of benzene rings is 2. The standard InChI is InChI=1S/C29H31N5O4/c1-6-37-27(35)22-18-31-34(19(22)2)21-15-13-20(14-16-21)32-28(36)33-24-11-9-17-30-26(24)38-25-12-8-7-10-23(25)29(3,4)5/h7-18H,6H2,1-5H3,(H2,32,33,36). The van der Waals surface area contributed by atoms with Crippen molar-refractivity contribution in [3.63, 3.8) is 0 Å². The van der Waals surface area contributed by atoms with E-state index in [9.17, 15) is 9.59 Å². The number of nitrogens with zero attached hydrogens (tertiary/aromatic N) is 3. The molecule has 2 aromatic carbocycles. The summed E-state index contributed by atoms with van der Waals surface area (Å²) in [6, 6.07) is 17.9. The van der Waals surface area contributed by atoms with E-state index in [0.717, 1.165) is 11.3 Å². The van der Waals surface area contributed by atoms with Crippen LogP contribution < -0.4 is 15.4 Å². The zero-order valence-corrected chi connectivity index (χ0v) is 22.1. The SMILES string of the molecule is CCOC(=O)c1cnn(-c2ccc(NC(=O)Nc3cccnc3Oc3ccccc3C(C)(C)C)cc2)c1C. The molecule has 0 saturated heterocycles. The minimum absolute atomic E-state index is 0.127. The van der Waals surface area contributed by atoms with Gasteiger partial charge in [0.1, 0.15) is 17.0 Å². The van der Waals surface area contributed by atoms with Gasteiger partial charge in [0.05, 0.1) is 24.2 Å². The van der Waals surface area contributed by atoms with Crippen LogP contribution in [0.15, 0.2) is 73.1 Å². The summed E-state index contributed by atoms with van der Waals surface area (Å²) in [5, 5.41) is 9.92. The number of amides is 2. The van der Waals surface area contributed by atoms with Gasteiger partial charge in [-0.05, 0) is 61.7 Å². The normalized spacial score (nSPS) is 11.1. The van der Waals surface area contributed by atoms with E-state index in [0.29, 0.717) is 40.9 Å². The van der Waals surface area contributed by atoms with Crippen molar-refractivity contribution >= 4 is 23.4 Å². The molecule has 2 amide bonds. The minimum Gasteiger partial charge on any atom is -0.462 e. The number of para-hydroxylation sites is 1. The number of esters is 1. The molecule has 0 radical (unpaired) electrons. The van der Waals surface area contributed by atoms with Gasteiger partial charge in [0, 0.05) is 17.4 Å². The van der Waals surface area contributed by atoms with Crippen LogP contribution in [0.1, 0.15) is 49.3 Å². The van der Waals surface area contributed by atoms with Crippen LogP contribution in [-0.4, -0.2) is 33.4 Å². The number of rotatable bonds is 7. The number of nitrogens with one attached hydrogen (secondary N) is 2. The molecule has 4 aromatic rings. The Labute approximate surface area is 221 Å². The second kappa shape index (κ2) is 11.2. The highest BCUT2D eigenvalue weighted by Crippen LogP contribution is 2.35. The van der Waals surface area contributed by atoms with Gasteiger partial charge >= 0.3 is 12.0 Å². The number of carbonyl (C=O) groups is 2. The number of ether oxygens (including phenoxy) is 2. The second-order valence-electron chi connectivity index (χ2n) is 9.61. The highest BCUT2D eigenvalue weighted by molar-refractivity contribution is 6.00. The topological polar surface area (TPSA) is 107 Å². The number of carbonyl (C=O) groups excluding carboxylic acids is 2. The fraction of sp³-hybridized carbons (Fsp3) is 0.241. The van der Waals surface area contributed by atoms with Crippen LogP contribution in [-0.2, 0) is 10.2 Å². The first kappa shape index (κ1) is 26.4. The molecule has 38 heavy (non-hydrogen) atoms. The summed E-state index contributed by atoms with van der Waals surface area (Å²) < 4.78 is 12.8. The fourth-order valence-corrected chi connectivity index (χ4v) is 3.90. The van der Waals surface area contributed by atoms with Crippen LogP contribution in [0, 0.1) is 6.92 Å². The molecule has 2 N–H and O–H groups in total. The van der Waals surface area contributed by atoms with E-state index < -0.39 is 12.0 Å². The summed E-state index contributed by atoms with van der Waals surface area (Å²) in [5.41, 5.74) is 3.73. The highest BCUT2D eigenvalue weighted by atomic mass is 16.5. The van der Waals surface area contributed by atoms with E-state index in [1.165, 1.54) is 6.20 Å². The number of pyridine rings is 1. The molecule has 0 bridgehead atoms. The van der Waals surface area contributed by atoms with Crippen LogP contribution in [0.2, 0.25) is 0 Å². The molecule has 0 aliphatic carbocycles. The average molecular weight is 514 g/mol. The summed E-state index contributed by atoms with van der Waals surface area (Å²) in [6.45, 7) is 10.2. The van der Waals surface area contributed by atoms with Gasteiger partial charge in [0.25, 0.3) is 0 Å². The molecule has 0 unspecified atom stereocenters. The lowest BCUT2D eigenvalue weighted by molar-refractivity contribution is 0.0525. The number of hydrogen-bond acceptors (Lipinski definition) is 6.